The molecule has 3 rings (SSSR count). The summed E-state index contributed by atoms with van der Waals surface area (Å²) in [6.07, 6.45) is 5.59. The molecule has 0 radical (unpaired) electrons. The summed E-state index contributed by atoms with van der Waals surface area (Å²) in [5.41, 5.74) is 2.35. The van der Waals surface area contributed by atoms with Crippen LogP contribution in [0.15, 0.2) is 48.5 Å². The van der Waals surface area contributed by atoms with E-state index in [-0.39, 0.29) is 25.0 Å². The van der Waals surface area contributed by atoms with Crippen molar-refractivity contribution in [3.8, 4) is 0 Å². The van der Waals surface area contributed by atoms with Gasteiger partial charge < -0.3 is 10.2 Å². The van der Waals surface area contributed by atoms with Crippen molar-refractivity contribution in [2.24, 2.45) is 0 Å². The van der Waals surface area contributed by atoms with Crippen molar-refractivity contribution in [1.29, 1.82) is 0 Å². The van der Waals surface area contributed by atoms with Gasteiger partial charge in [-0.15, -0.1) is 0 Å². The van der Waals surface area contributed by atoms with E-state index in [0.29, 0.717) is 12.1 Å². The molecular formula is C26H34IN3O4S. The average molecular weight is 612 g/mol. The Morgan fingerprint density at radius 2 is 1.71 bits per heavy atom. The van der Waals surface area contributed by atoms with Gasteiger partial charge in [0.2, 0.25) is 21.8 Å². The Bertz CT molecular complexity index is 1130. The standard InChI is InChI=1S/C26H34IN3O4S/c1-4-24(26(32)28-22-11-7-8-12-22)29(17-20-10-6-5-9-19(20)2)25(31)18-30(35(3,33)34)23-15-13-21(27)14-16-23/h5-6,9-10,13-16,22,24H,4,7-8,11-12,17-18H2,1-3H3,(H,28,32)/t24-/m1/s1. The number of halogens is 1. The highest BCUT2D eigenvalue weighted by Gasteiger charge is 2.33. The van der Waals surface area contributed by atoms with E-state index >= 15 is 0 Å². The Morgan fingerprint density at radius 3 is 2.29 bits per heavy atom. The number of rotatable bonds is 10. The number of amides is 2. The van der Waals surface area contributed by atoms with Gasteiger partial charge in [0, 0.05) is 16.2 Å². The summed E-state index contributed by atoms with van der Waals surface area (Å²) in [5, 5.41) is 3.12. The number of carbonyl (C=O) groups excluding carboxylic acids is 2. The molecule has 190 valence electrons. The first-order valence-corrected chi connectivity index (χ1v) is 14.9. The number of sulfonamides is 1. The molecule has 2 aromatic rings. The smallest absolute Gasteiger partial charge is 0.244 e. The molecule has 0 heterocycles. The lowest BCUT2D eigenvalue weighted by Gasteiger charge is -2.33. The van der Waals surface area contributed by atoms with E-state index in [4.69, 9.17) is 0 Å². The largest absolute Gasteiger partial charge is 0.352 e. The summed E-state index contributed by atoms with van der Waals surface area (Å²) in [5.74, 6) is -0.591. The fourth-order valence-corrected chi connectivity index (χ4v) is 5.69. The highest BCUT2D eigenvalue weighted by Crippen LogP contribution is 2.22. The molecular weight excluding hydrogens is 577 g/mol. The third-order valence-corrected chi connectivity index (χ3v) is 8.34. The predicted octanol–water partition coefficient (Wildman–Crippen LogP) is 4.23. The molecule has 1 N–H and O–H groups in total. The van der Waals surface area contributed by atoms with E-state index < -0.39 is 22.0 Å². The fraction of sp³-hybridized carbons (Fsp3) is 0.462. The third-order valence-electron chi connectivity index (χ3n) is 6.48. The van der Waals surface area contributed by atoms with Crippen LogP contribution in [0, 0.1) is 10.5 Å². The van der Waals surface area contributed by atoms with Gasteiger partial charge in [-0.1, -0.05) is 44.0 Å². The molecule has 0 aliphatic heterocycles. The molecule has 0 bridgehead atoms. The highest BCUT2D eigenvalue weighted by atomic mass is 127. The van der Waals surface area contributed by atoms with Gasteiger partial charge >= 0.3 is 0 Å². The zero-order valence-electron chi connectivity index (χ0n) is 20.5. The molecule has 9 heteroatoms. The molecule has 0 unspecified atom stereocenters. The van der Waals surface area contributed by atoms with Crippen molar-refractivity contribution < 1.29 is 18.0 Å². The van der Waals surface area contributed by atoms with Crippen LogP contribution in [0.1, 0.15) is 50.2 Å². The molecule has 1 fully saturated rings. The van der Waals surface area contributed by atoms with Gasteiger partial charge in [-0.05, 0) is 84.2 Å². The van der Waals surface area contributed by atoms with Crippen LogP contribution in [0.25, 0.3) is 0 Å². The molecule has 35 heavy (non-hydrogen) atoms. The average Bonchev–Trinajstić information content (AvgIpc) is 3.31. The number of nitrogens with zero attached hydrogens (tertiary/aromatic N) is 2. The second kappa shape index (κ2) is 12.2. The Morgan fingerprint density at radius 1 is 1.09 bits per heavy atom. The maximum atomic E-state index is 13.7. The molecule has 0 spiro atoms. The van der Waals surface area contributed by atoms with Crippen molar-refractivity contribution in [2.75, 3.05) is 17.1 Å². The minimum absolute atomic E-state index is 0.131. The lowest BCUT2D eigenvalue weighted by Crippen LogP contribution is -2.53. The van der Waals surface area contributed by atoms with Gasteiger partial charge in [-0.3, -0.25) is 13.9 Å². The van der Waals surface area contributed by atoms with Gasteiger partial charge in [0.25, 0.3) is 0 Å². The van der Waals surface area contributed by atoms with Gasteiger partial charge in [0.05, 0.1) is 11.9 Å². The van der Waals surface area contributed by atoms with Crippen LogP contribution in [0.4, 0.5) is 5.69 Å². The van der Waals surface area contributed by atoms with Crippen LogP contribution < -0.4 is 9.62 Å². The van der Waals surface area contributed by atoms with Gasteiger partial charge in [0.1, 0.15) is 12.6 Å². The maximum absolute atomic E-state index is 13.7. The third kappa shape index (κ3) is 7.42. The summed E-state index contributed by atoms with van der Waals surface area (Å²) in [4.78, 5) is 28.6. The summed E-state index contributed by atoms with van der Waals surface area (Å²) in [7, 11) is -3.73. The SMILES string of the molecule is CC[C@H](C(=O)NC1CCCC1)N(Cc1ccccc1C)C(=O)CN(c1ccc(I)cc1)S(C)(=O)=O. The van der Waals surface area contributed by atoms with Gasteiger partial charge in [-0.2, -0.15) is 0 Å². The van der Waals surface area contributed by atoms with Crippen molar-refractivity contribution in [3.05, 3.63) is 63.2 Å². The number of aryl methyl sites for hydroxylation is 1. The van der Waals surface area contributed by atoms with E-state index in [1.165, 1.54) is 4.90 Å². The first-order valence-electron chi connectivity index (χ1n) is 12.0. The zero-order valence-corrected chi connectivity index (χ0v) is 23.5. The molecule has 7 nitrogen and oxygen atoms in total. The van der Waals surface area contributed by atoms with Gasteiger partial charge in [0.15, 0.2) is 0 Å². The molecule has 1 saturated carbocycles. The monoisotopic (exact) mass is 611 g/mol. The van der Waals surface area contributed by atoms with Crippen LogP contribution >= 0.6 is 22.6 Å². The molecule has 1 aliphatic carbocycles. The second-order valence-corrected chi connectivity index (χ2v) is 12.3. The molecule has 0 saturated heterocycles. The Balaban J connectivity index is 1.92. The van der Waals surface area contributed by atoms with Crippen LogP contribution in [-0.2, 0) is 26.2 Å². The quantitative estimate of drug-likeness (QED) is 0.408. The van der Waals surface area contributed by atoms with Crippen molar-refractivity contribution in [3.63, 3.8) is 0 Å². The second-order valence-electron chi connectivity index (χ2n) is 9.11. The molecule has 2 aromatic carbocycles. The summed E-state index contributed by atoms with van der Waals surface area (Å²) in [6, 6.07) is 14.1. The van der Waals surface area contributed by atoms with E-state index in [1.54, 1.807) is 24.3 Å². The summed E-state index contributed by atoms with van der Waals surface area (Å²) >= 11 is 2.15. The van der Waals surface area contributed by atoms with E-state index in [0.717, 1.165) is 50.9 Å². The summed E-state index contributed by atoms with van der Waals surface area (Å²) < 4.78 is 27.4. The van der Waals surface area contributed by atoms with E-state index in [9.17, 15) is 18.0 Å². The molecule has 0 aromatic heterocycles. The van der Waals surface area contributed by atoms with Crippen LogP contribution in [0.5, 0.6) is 0 Å². The van der Waals surface area contributed by atoms with Crippen molar-refractivity contribution >= 4 is 50.1 Å². The number of hydrogen-bond donors (Lipinski definition) is 1. The zero-order chi connectivity index (χ0) is 25.6. The lowest BCUT2D eigenvalue weighted by molar-refractivity contribution is -0.140. The number of hydrogen-bond acceptors (Lipinski definition) is 4. The fourth-order valence-electron chi connectivity index (χ4n) is 4.48. The summed E-state index contributed by atoms with van der Waals surface area (Å²) in [6.45, 7) is 3.70. The molecule has 1 atom stereocenters. The van der Waals surface area contributed by atoms with Gasteiger partial charge in [-0.25, -0.2) is 8.42 Å². The van der Waals surface area contributed by atoms with Crippen LogP contribution in [0.3, 0.4) is 0 Å². The Labute approximate surface area is 222 Å². The highest BCUT2D eigenvalue weighted by molar-refractivity contribution is 14.1. The minimum atomic E-state index is -3.73. The van der Waals surface area contributed by atoms with E-state index in [2.05, 4.69) is 27.9 Å². The van der Waals surface area contributed by atoms with Crippen molar-refractivity contribution in [2.45, 2.75) is 64.6 Å². The number of anilines is 1. The maximum Gasteiger partial charge on any atom is 0.244 e. The normalized spacial score (nSPS) is 15.0. The Kier molecular flexibility index (Phi) is 9.57. The molecule has 2 amide bonds. The number of carbonyl (C=O) groups is 2. The lowest BCUT2D eigenvalue weighted by atomic mass is 10.1. The van der Waals surface area contributed by atoms with Crippen LogP contribution in [0.2, 0.25) is 0 Å². The van der Waals surface area contributed by atoms with E-state index in [1.807, 2.05) is 38.1 Å². The number of nitrogens with one attached hydrogen (secondary N) is 1. The topological polar surface area (TPSA) is 86.8 Å². The number of benzene rings is 2. The first-order chi connectivity index (χ1) is 16.6. The minimum Gasteiger partial charge on any atom is -0.352 e. The first kappa shape index (κ1) is 27.4. The van der Waals surface area contributed by atoms with Crippen molar-refractivity contribution in [1.82, 2.24) is 10.2 Å². The predicted molar refractivity (Wildman–Crippen MR) is 148 cm³/mol. The molecule has 1 aliphatic rings. The Hall–Kier alpha value is -2.14. The van der Waals surface area contributed by atoms with Crippen LogP contribution in [-0.4, -0.2) is 50.0 Å².